The molecule has 0 radical (unpaired) electrons. The molecule has 1 N–H and O–H groups in total. The second kappa shape index (κ2) is 8.32. The fourth-order valence-corrected chi connectivity index (χ4v) is 4.45. The molecule has 1 aromatic heterocycles. The standard InChI is InChI=1S/C20H20N2O5S2/c1-4-27-20(24)18-12-14-11-15(7-10-17(14)28-18)21-19(23)13-5-8-16(9-6-13)29(25,26)22(2)3/h5-12H,4H2,1-3H3,(H,21,23). The first kappa shape index (κ1) is 21.0. The quantitative estimate of drug-likeness (QED) is 0.601. The van der Waals surface area contributed by atoms with Crippen molar-refractivity contribution in [3.8, 4) is 0 Å². The summed E-state index contributed by atoms with van der Waals surface area (Å²) in [5, 5.41) is 3.61. The zero-order valence-corrected chi connectivity index (χ0v) is 17.8. The van der Waals surface area contributed by atoms with Crippen molar-refractivity contribution < 1.29 is 22.7 Å². The average Bonchev–Trinajstić information content (AvgIpc) is 3.11. The van der Waals surface area contributed by atoms with Crippen molar-refractivity contribution in [2.45, 2.75) is 11.8 Å². The van der Waals surface area contributed by atoms with E-state index in [4.69, 9.17) is 4.74 Å². The van der Waals surface area contributed by atoms with Gasteiger partial charge in [-0.05, 0) is 60.8 Å². The molecule has 0 unspecified atom stereocenters. The highest BCUT2D eigenvalue weighted by Gasteiger charge is 2.18. The van der Waals surface area contributed by atoms with Gasteiger partial charge in [0.1, 0.15) is 4.88 Å². The van der Waals surface area contributed by atoms with Gasteiger partial charge in [-0.1, -0.05) is 0 Å². The molecule has 152 valence electrons. The number of esters is 1. The number of rotatable bonds is 6. The van der Waals surface area contributed by atoms with Crippen LogP contribution in [-0.4, -0.2) is 45.3 Å². The van der Waals surface area contributed by atoms with E-state index in [9.17, 15) is 18.0 Å². The lowest BCUT2D eigenvalue weighted by Gasteiger charge is -2.11. The van der Waals surface area contributed by atoms with Crippen molar-refractivity contribution in [1.82, 2.24) is 4.31 Å². The smallest absolute Gasteiger partial charge is 0.348 e. The van der Waals surface area contributed by atoms with Crippen molar-refractivity contribution >= 4 is 49.0 Å². The van der Waals surface area contributed by atoms with Crippen LogP contribution in [-0.2, 0) is 14.8 Å². The zero-order valence-electron chi connectivity index (χ0n) is 16.1. The maximum Gasteiger partial charge on any atom is 0.348 e. The third kappa shape index (κ3) is 4.47. The van der Waals surface area contributed by atoms with E-state index >= 15 is 0 Å². The molecule has 3 rings (SSSR count). The third-order valence-corrected chi connectivity index (χ3v) is 7.07. The average molecular weight is 433 g/mol. The Morgan fingerprint density at radius 1 is 1.07 bits per heavy atom. The van der Waals surface area contributed by atoms with Crippen LogP contribution in [0.3, 0.4) is 0 Å². The van der Waals surface area contributed by atoms with Gasteiger partial charge in [0.25, 0.3) is 5.91 Å². The Morgan fingerprint density at radius 3 is 2.38 bits per heavy atom. The molecule has 0 aliphatic heterocycles. The molecule has 0 spiro atoms. The van der Waals surface area contributed by atoms with E-state index in [0.29, 0.717) is 22.7 Å². The molecule has 0 atom stereocenters. The number of ether oxygens (including phenoxy) is 1. The number of nitrogens with zero attached hydrogens (tertiary/aromatic N) is 1. The minimum absolute atomic E-state index is 0.116. The Hall–Kier alpha value is -2.75. The first-order chi connectivity index (χ1) is 13.7. The molecule has 29 heavy (non-hydrogen) atoms. The molecule has 2 aromatic carbocycles. The molecule has 3 aromatic rings. The monoisotopic (exact) mass is 432 g/mol. The van der Waals surface area contributed by atoms with Gasteiger partial charge in [0.2, 0.25) is 10.0 Å². The van der Waals surface area contributed by atoms with Gasteiger partial charge >= 0.3 is 5.97 Å². The van der Waals surface area contributed by atoms with Crippen LogP contribution in [0.2, 0.25) is 0 Å². The molecule has 0 saturated heterocycles. The number of benzene rings is 2. The molecule has 0 bridgehead atoms. The summed E-state index contributed by atoms with van der Waals surface area (Å²) in [6.07, 6.45) is 0. The summed E-state index contributed by atoms with van der Waals surface area (Å²) in [4.78, 5) is 25.0. The summed E-state index contributed by atoms with van der Waals surface area (Å²) in [6.45, 7) is 2.06. The molecular weight excluding hydrogens is 412 g/mol. The number of sulfonamides is 1. The molecule has 1 amide bonds. The Labute approximate surface area is 173 Å². The number of thiophene rings is 1. The molecule has 0 aliphatic rings. The summed E-state index contributed by atoms with van der Waals surface area (Å²) in [5.74, 6) is -0.731. The number of nitrogens with one attached hydrogen (secondary N) is 1. The lowest BCUT2D eigenvalue weighted by atomic mass is 10.2. The van der Waals surface area contributed by atoms with Gasteiger partial charge in [0, 0.05) is 30.0 Å². The molecule has 0 saturated carbocycles. The van der Waals surface area contributed by atoms with Crippen molar-refractivity contribution in [2.24, 2.45) is 0 Å². The maximum absolute atomic E-state index is 12.5. The second-order valence-corrected chi connectivity index (χ2v) is 9.59. The predicted molar refractivity (Wildman–Crippen MR) is 113 cm³/mol. The highest BCUT2D eigenvalue weighted by molar-refractivity contribution is 7.89. The van der Waals surface area contributed by atoms with E-state index in [1.165, 1.54) is 49.7 Å². The molecular formula is C20H20N2O5S2. The summed E-state index contributed by atoms with van der Waals surface area (Å²) in [5.41, 5.74) is 0.904. The van der Waals surface area contributed by atoms with E-state index in [-0.39, 0.29) is 16.8 Å². The minimum Gasteiger partial charge on any atom is -0.462 e. The van der Waals surface area contributed by atoms with Gasteiger partial charge in [0.15, 0.2) is 0 Å². The van der Waals surface area contributed by atoms with E-state index in [2.05, 4.69) is 5.32 Å². The van der Waals surface area contributed by atoms with Crippen molar-refractivity contribution in [1.29, 1.82) is 0 Å². The molecule has 0 aliphatic carbocycles. The van der Waals surface area contributed by atoms with Crippen LogP contribution in [0.15, 0.2) is 53.4 Å². The van der Waals surface area contributed by atoms with Gasteiger partial charge in [-0.3, -0.25) is 4.79 Å². The number of carbonyl (C=O) groups excluding carboxylic acids is 2. The van der Waals surface area contributed by atoms with E-state index in [0.717, 1.165) is 14.4 Å². The van der Waals surface area contributed by atoms with Crippen LogP contribution in [0, 0.1) is 0 Å². The Morgan fingerprint density at radius 2 is 1.76 bits per heavy atom. The van der Waals surface area contributed by atoms with Crippen LogP contribution >= 0.6 is 11.3 Å². The summed E-state index contributed by atoms with van der Waals surface area (Å²) in [6, 6.07) is 12.8. The van der Waals surface area contributed by atoms with Gasteiger partial charge in [-0.2, -0.15) is 0 Å². The lowest BCUT2D eigenvalue weighted by molar-refractivity contribution is 0.0532. The van der Waals surface area contributed by atoms with Crippen LogP contribution < -0.4 is 5.32 Å². The number of hydrogen-bond acceptors (Lipinski definition) is 6. The number of amides is 1. The van der Waals surface area contributed by atoms with Crippen molar-refractivity contribution in [3.63, 3.8) is 0 Å². The van der Waals surface area contributed by atoms with Crippen LogP contribution in [0.1, 0.15) is 27.0 Å². The molecule has 7 nitrogen and oxygen atoms in total. The van der Waals surface area contributed by atoms with E-state index in [1.54, 1.807) is 25.1 Å². The number of hydrogen-bond donors (Lipinski definition) is 1. The van der Waals surface area contributed by atoms with E-state index in [1.807, 2.05) is 6.07 Å². The van der Waals surface area contributed by atoms with Gasteiger partial charge < -0.3 is 10.1 Å². The normalized spacial score (nSPS) is 11.6. The Kier molecular flexibility index (Phi) is 6.02. The summed E-state index contributed by atoms with van der Waals surface area (Å²) in [7, 11) is -0.650. The first-order valence-electron chi connectivity index (χ1n) is 8.77. The Bertz CT molecular complexity index is 1170. The summed E-state index contributed by atoms with van der Waals surface area (Å²) < 4.78 is 31.3. The Balaban J connectivity index is 1.78. The largest absolute Gasteiger partial charge is 0.462 e. The first-order valence-corrected chi connectivity index (χ1v) is 11.0. The zero-order chi connectivity index (χ0) is 21.2. The SMILES string of the molecule is CCOC(=O)c1cc2cc(NC(=O)c3ccc(S(=O)(=O)N(C)C)cc3)ccc2s1. The predicted octanol–water partition coefficient (Wildman–Crippen LogP) is 3.58. The minimum atomic E-state index is -3.55. The summed E-state index contributed by atoms with van der Waals surface area (Å²) >= 11 is 1.33. The highest BCUT2D eigenvalue weighted by atomic mass is 32.2. The van der Waals surface area contributed by atoms with Gasteiger partial charge in [-0.15, -0.1) is 11.3 Å². The maximum atomic E-state index is 12.5. The van der Waals surface area contributed by atoms with Crippen molar-refractivity contribution in [3.05, 3.63) is 59.0 Å². The number of carbonyl (C=O) groups is 2. The van der Waals surface area contributed by atoms with Gasteiger partial charge in [0.05, 0.1) is 11.5 Å². The number of fused-ring (bicyclic) bond motifs is 1. The van der Waals surface area contributed by atoms with Crippen LogP contribution in [0.5, 0.6) is 0 Å². The van der Waals surface area contributed by atoms with Gasteiger partial charge in [-0.25, -0.2) is 17.5 Å². The third-order valence-electron chi connectivity index (χ3n) is 4.15. The lowest BCUT2D eigenvalue weighted by Crippen LogP contribution is -2.22. The number of anilines is 1. The topological polar surface area (TPSA) is 92.8 Å². The highest BCUT2D eigenvalue weighted by Crippen LogP contribution is 2.29. The fourth-order valence-electron chi connectivity index (χ4n) is 2.62. The fraction of sp³-hybridized carbons (Fsp3) is 0.200. The molecule has 0 fully saturated rings. The molecule has 1 heterocycles. The molecule has 9 heteroatoms. The van der Waals surface area contributed by atoms with E-state index < -0.39 is 10.0 Å². The second-order valence-electron chi connectivity index (χ2n) is 6.35. The van der Waals surface area contributed by atoms with Crippen LogP contribution in [0.25, 0.3) is 10.1 Å². The van der Waals surface area contributed by atoms with Crippen molar-refractivity contribution in [2.75, 3.05) is 26.0 Å². The van der Waals surface area contributed by atoms with Crippen LogP contribution in [0.4, 0.5) is 5.69 Å².